The predicted octanol–water partition coefficient (Wildman–Crippen LogP) is 4.28. The maximum Gasteiger partial charge on any atom is 0.220 e. The summed E-state index contributed by atoms with van der Waals surface area (Å²) in [6, 6.07) is 13.6. The fourth-order valence-electron chi connectivity index (χ4n) is 2.47. The van der Waals surface area contributed by atoms with Crippen LogP contribution in [-0.2, 0) is 11.2 Å². The normalized spacial score (nSPS) is 11.7. The molecule has 0 saturated heterocycles. The first-order chi connectivity index (χ1) is 11.5. The molecule has 1 unspecified atom stereocenters. The van der Waals surface area contributed by atoms with Gasteiger partial charge in [0.15, 0.2) is 11.5 Å². The molecule has 0 aliphatic carbocycles. The predicted molar refractivity (Wildman–Crippen MR) is 98.6 cm³/mol. The molecule has 0 fully saturated rings. The Morgan fingerprint density at radius 2 is 1.88 bits per heavy atom. The van der Waals surface area contributed by atoms with Gasteiger partial charge in [-0.25, -0.2) is 0 Å². The summed E-state index contributed by atoms with van der Waals surface area (Å²) in [5.74, 6) is 1.39. The first-order valence-electron chi connectivity index (χ1n) is 7.79. The second-order valence-corrected chi connectivity index (χ2v) is 6.45. The second kappa shape index (κ2) is 8.73. The SMILES string of the molecule is COc1ccc(CCC(=O)NC(C)c2cccc(Br)c2)cc1OC. The summed E-state index contributed by atoms with van der Waals surface area (Å²) in [5.41, 5.74) is 2.11. The van der Waals surface area contributed by atoms with Crippen LogP contribution in [0.2, 0.25) is 0 Å². The molecule has 0 heterocycles. The Hall–Kier alpha value is -2.01. The van der Waals surface area contributed by atoms with Crippen LogP contribution in [0, 0.1) is 0 Å². The third kappa shape index (κ3) is 4.99. The highest BCUT2D eigenvalue weighted by Gasteiger charge is 2.11. The van der Waals surface area contributed by atoms with Gasteiger partial charge in [0.1, 0.15) is 0 Å². The van der Waals surface area contributed by atoms with E-state index in [0.29, 0.717) is 24.3 Å². The zero-order valence-corrected chi connectivity index (χ0v) is 15.7. The number of rotatable bonds is 7. The van der Waals surface area contributed by atoms with Gasteiger partial charge in [-0.2, -0.15) is 0 Å². The smallest absolute Gasteiger partial charge is 0.220 e. The highest BCUT2D eigenvalue weighted by atomic mass is 79.9. The van der Waals surface area contributed by atoms with E-state index in [1.54, 1.807) is 14.2 Å². The van der Waals surface area contributed by atoms with E-state index < -0.39 is 0 Å². The fourth-order valence-corrected chi connectivity index (χ4v) is 2.88. The van der Waals surface area contributed by atoms with Crippen molar-refractivity contribution in [1.82, 2.24) is 5.32 Å². The van der Waals surface area contributed by atoms with Crippen molar-refractivity contribution in [2.75, 3.05) is 14.2 Å². The van der Waals surface area contributed by atoms with E-state index in [1.165, 1.54) is 0 Å². The Balaban J connectivity index is 1.91. The summed E-state index contributed by atoms with van der Waals surface area (Å²) in [7, 11) is 3.21. The molecule has 2 aromatic carbocycles. The van der Waals surface area contributed by atoms with E-state index in [9.17, 15) is 4.79 Å². The molecule has 0 aliphatic rings. The largest absolute Gasteiger partial charge is 0.493 e. The topological polar surface area (TPSA) is 47.6 Å². The molecule has 4 nitrogen and oxygen atoms in total. The Bertz CT molecular complexity index is 703. The fraction of sp³-hybridized carbons (Fsp3) is 0.316. The molecular formula is C19H22BrNO3. The summed E-state index contributed by atoms with van der Waals surface area (Å²) >= 11 is 3.45. The number of hydrogen-bond acceptors (Lipinski definition) is 3. The molecule has 0 bridgehead atoms. The second-order valence-electron chi connectivity index (χ2n) is 5.53. The first-order valence-corrected chi connectivity index (χ1v) is 8.58. The van der Waals surface area contributed by atoms with E-state index in [2.05, 4.69) is 21.2 Å². The molecule has 128 valence electrons. The standard InChI is InChI=1S/C19H22BrNO3/c1-13(15-5-4-6-16(20)12-15)21-19(22)10-8-14-7-9-17(23-2)18(11-14)24-3/h4-7,9,11-13H,8,10H2,1-3H3,(H,21,22). The van der Waals surface area contributed by atoms with Crippen molar-refractivity contribution in [2.45, 2.75) is 25.8 Å². The van der Waals surface area contributed by atoms with Crippen LogP contribution < -0.4 is 14.8 Å². The zero-order valence-electron chi connectivity index (χ0n) is 14.1. The van der Waals surface area contributed by atoms with Crippen molar-refractivity contribution in [3.8, 4) is 11.5 Å². The number of carbonyl (C=O) groups is 1. The number of amides is 1. The number of halogens is 1. The van der Waals surface area contributed by atoms with Crippen LogP contribution in [0.5, 0.6) is 11.5 Å². The lowest BCUT2D eigenvalue weighted by Gasteiger charge is -2.15. The molecule has 2 rings (SSSR count). The lowest BCUT2D eigenvalue weighted by atomic mass is 10.1. The van der Waals surface area contributed by atoms with Crippen molar-refractivity contribution in [2.24, 2.45) is 0 Å². The zero-order chi connectivity index (χ0) is 17.5. The average molecular weight is 392 g/mol. The van der Waals surface area contributed by atoms with Gasteiger partial charge in [-0.1, -0.05) is 34.1 Å². The van der Waals surface area contributed by atoms with Crippen molar-refractivity contribution < 1.29 is 14.3 Å². The minimum atomic E-state index is -0.0274. The molecule has 1 amide bonds. The lowest BCUT2D eigenvalue weighted by molar-refractivity contribution is -0.121. The lowest BCUT2D eigenvalue weighted by Crippen LogP contribution is -2.26. The molecule has 0 aromatic heterocycles. The first kappa shape index (κ1) is 18.3. The van der Waals surface area contributed by atoms with Crippen molar-refractivity contribution >= 4 is 21.8 Å². The average Bonchev–Trinajstić information content (AvgIpc) is 2.59. The van der Waals surface area contributed by atoms with Gasteiger partial charge in [-0.15, -0.1) is 0 Å². The summed E-state index contributed by atoms with van der Waals surface area (Å²) in [6.45, 7) is 1.98. The van der Waals surface area contributed by atoms with Gasteiger partial charge < -0.3 is 14.8 Å². The van der Waals surface area contributed by atoms with Gasteiger partial charge in [0.2, 0.25) is 5.91 Å². The Morgan fingerprint density at radius 3 is 2.54 bits per heavy atom. The van der Waals surface area contributed by atoms with Crippen LogP contribution in [-0.4, -0.2) is 20.1 Å². The quantitative estimate of drug-likeness (QED) is 0.765. The number of hydrogen-bond donors (Lipinski definition) is 1. The number of methoxy groups -OCH3 is 2. The van der Waals surface area contributed by atoms with Gasteiger partial charge in [0, 0.05) is 10.9 Å². The van der Waals surface area contributed by atoms with Crippen molar-refractivity contribution in [3.63, 3.8) is 0 Å². The number of benzene rings is 2. The van der Waals surface area contributed by atoms with Gasteiger partial charge in [-0.3, -0.25) is 4.79 Å². The van der Waals surface area contributed by atoms with Gasteiger partial charge in [0.05, 0.1) is 20.3 Å². The molecule has 2 aromatic rings. The summed E-state index contributed by atoms with van der Waals surface area (Å²) in [4.78, 5) is 12.2. The Labute approximate surface area is 151 Å². The van der Waals surface area contributed by atoms with E-state index >= 15 is 0 Å². The number of ether oxygens (including phenoxy) is 2. The minimum absolute atomic E-state index is 0.0252. The van der Waals surface area contributed by atoms with E-state index in [-0.39, 0.29) is 11.9 Å². The molecule has 1 N–H and O–H groups in total. The van der Waals surface area contributed by atoms with Crippen molar-refractivity contribution in [3.05, 3.63) is 58.1 Å². The van der Waals surface area contributed by atoms with Crippen LogP contribution in [0.1, 0.15) is 30.5 Å². The third-order valence-corrected chi connectivity index (χ3v) is 4.31. The Morgan fingerprint density at radius 1 is 1.12 bits per heavy atom. The number of carbonyl (C=O) groups excluding carboxylic acids is 1. The minimum Gasteiger partial charge on any atom is -0.493 e. The van der Waals surface area contributed by atoms with Crippen LogP contribution in [0.15, 0.2) is 46.9 Å². The molecule has 0 spiro atoms. The number of nitrogens with one attached hydrogen (secondary N) is 1. The highest BCUT2D eigenvalue weighted by Crippen LogP contribution is 2.28. The summed E-state index contributed by atoms with van der Waals surface area (Å²) in [6.07, 6.45) is 1.07. The van der Waals surface area contributed by atoms with Crippen molar-refractivity contribution in [1.29, 1.82) is 0 Å². The number of aryl methyl sites for hydroxylation is 1. The molecule has 0 radical (unpaired) electrons. The third-order valence-electron chi connectivity index (χ3n) is 3.81. The summed E-state index contributed by atoms with van der Waals surface area (Å²) in [5, 5.41) is 3.03. The van der Waals surface area contributed by atoms with E-state index in [4.69, 9.17) is 9.47 Å². The van der Waals surface area contributed by atoms with Crippen LogP contribution in [0.4, 0.5) is 0 Å². The van der Waals surface area contributed by atoms with Crippen LogP contribution in [0.3, 0.4) is 0 Å². The molecule has 0 saturated carbocycles. The molecule has 1 atom stereocenters. The molecule has 5 heteroatoms. The summed E-state index contributed by atoms with van der Waals surface area (Å²) < 4.78 is 11.5. The highest BCUT2D eigenvalue weighted by molar-refractivity contribution is 9.10. The Kier molecular flexibility index (Phi) is 6.67. The monoisotopic (exact) mass is 391 g/mol. The van der Waals surface area contributed by atoms with E-state index in [1.807, 2.05) is 49.4 Å². The van der Waals surface area contributed by atoms with Gasteiger partial charge in [-0.05, 0) is 48.7 Å². The van der Waals surface area contributed by atoms with Crippen LogP contribution >= 0.6 is 15.9 Å². The maximum absolute atomic E-state index is 12.2. The molecular weight excluding hydrogens is 370 g/mol. The maximum atomic E-state index is 12.2. The van der Waals surface area contributed by atoms with E-state index in [0.717, 1.165) is 15.6 Å². The molecule has 0 aliphatic heterocycles. The molecule has 24 heavy (non-hydrogen) atoms. The van der Waals surface area contributed by atoms with Gasteiger partial charge >= 0.3 is 0 Å². The van der Waals surface area contributed by atoms with Gasteiger partial charge in [0.25, 0.3) is 0 Å². The van der Waals surface area contributed by atoms with Crippen LogP contribution in [0.25, 0.3) is 0 Å².